The highest BCUT2D eigenvalue weighted by Crippen LogP contribution is 2.22. The van der Waals surface area contributed by atoms with E-state index in [4.69, 9.17) is 0 Å². The molecule has 0 bridgehead atoms. The molecule has 0 radical (unpaired) electrons. The maximum atomic E-state index is 12.4. The summed E-state index contributed by atoms with van der Waals surface area (Å²) in [6.45, 7) is 2.38. The lowest BCUT2D eigenvalue weighted by atomic mass is 9.90. The molecule has 1 aliphatic heterocycles. The number of rotatable bonds is 6. The quantitative estimate of drug-likeness (QED) is 0.691. The molecule has 1 fully saturated rings. The first-order chi connectivity index (χ1) is 13.8. The summed E-state index contributed by atoms with van der Waals surface area (Å²) in [4.78, 5) is 14.6. The highest BCUT2D eigenvalue weighted by molar-refractivity contribution is 5.92. The monoisotopic (exact) mass is 376 g/mol. The Hall–Kier alpha value is -3.06. The minimum Gasteiger partial charge on any atom is -0.325 e. The third-order valence-electron chi connectivity index (χ3n) is 5.21. The molecule has 0 unspecified atom stereocenters. The molecule has 0 atom stereocenters. The highest BCUT2D eigenvalue weighted by atomic mass is 16.2. The lowest BCUT2D eigenvalue weighted by Gasteiger charge is -2.31. The van der Waals surface area contributed by atoms with Crippen LogP contribution >= 0.6 is 0 Å². The minimum atomic E-state index is 0.0221. The van der Waals surface area contributed by atoms with Crippen molar-refractivity contribution in [2.75, 3.05) is 25.0 Å². The van der Waals surface area contributed by atoms with Gasteiger partial charge in [0, 0.05) is 11.3 Å². The number of anilines is 1. The average Bonchev–Trinajstić information content (AvgIpc) is 3.26. The number of benzene rings is 2. The number of aromatic amines is 1. The molecule has 1 aromatic heterocycles. The summed E-state index contributed by atoms with van der Waals surface area (Å²) in [5.41, 5.74) is 3.03. The van der Waals surface area contributed by atoms with E-state index in [9.17, 15) is 4.79 Å². The van der Waals surface area contributed by atoms with Gasteiger partial charge in [0.25, 0.3) is 0 Å². The number of piperidine rings is 1. The third kappa shape index (κ3) is 4.80. The number of H-pyrrole nitrogens is 1. The predicted octanol–water partition coefficient (Wildman–Crippen LogP) is 2.76. The number of nitrogens with zero attached hydrogens (tertiary/aromatic N) is 4. The van der Waals surface area contributed by atoms with Crippen molar-refractivity contribution in [2.24, 2.45) is 5.92 Å². The molecular formula is C21H24N6O. The molecule has 4 rings (SSSR count). The molecule has 0 spiro atoms. The first-order valence-electron chi connectivity index (χ1n) is 9.66. The number of hydrogen-bond donors (Lipinski definition) is 2. The van der Waals surface area contributed by atoms with Gasteiger partial charge in [-0.25, -0.2) is 0 Å². The predicted molar refractivity (Wildman–Crippen MR) is 108 cm³/mol. The van der Waals surface area contributed by atoms with Crippen LogP contribution in [-0.4, -0.2) is 51.1 Å². The first kappa shape index (κ1) is 18.3. The van der Waals surface area contributed by atoms with Crippen LogP contribution in [0.4, 0.5) is 5.69 Å². The molecule has 7 nitrogen and oxygen atoms in total. The van der Waals surface area contributed by atoms with Crippen molar-refractivity contribution in [1.82, 2.24) is 25.5 Å². The molecule has 7 heteroatoms. The summed E-state index contributed by atoms with van der Waals surface area (Å²) in [6.07, 6.45) is 3.41. The minimum absolute atomic E-state index is 0.0221. The molecule has 1 aliphatic rings. The molecule has 1 saturated heterocycles. The molecule has 144 valence electrons. The van der Waals surface area contributed by atoms with E-state index in [1.165, 1.54) is 5.56 Å². The molecule has 2 aromatic carbocycles. The second-order valence-corrected chi connectivity index (χ2v) is 7.27. The van der Waals surface area contributed by atoms with Crippen LogP contribution in [0, 0.1) is 5.92 Å². The van der Waals surface area contributed by atoms with E-state index >= 15 is 0 Å². The Morgan fingerprint density at radius 2 is 1.82 bits per heavy atom. The zero-order valence-corrected chi connectivity index (χ0v) is 15.7. The maximum Gasteiger partial charge on any atom is 0.238 e. The highest BCUT2D eigenvalue weighted by Gasteiger charge is 2.21. The number of amides is 1. The summed E-state index contributed by atoms with van der Waals surface area (Å²) in [5.74, 6) is 1.27. The Morgan fingerprint density at radius 3 is 2.50 bits per heavy atom. The van der Waals surface area contributed by atoms with Gasteiger partial charge in [0.2, 0.25) is 11.7 Å². The van der Waals surface area contributed by atoms with Crippen molar-refractivity contribution in [3.8, 4) is 11.4 Å². The summed E-state index contributed by atoms with van der Waals surface area (Å²) in [7, 11) is 0. The summed E-state index contributed by atoms with van der Waals surface area (Å²) in [5, 5.41) is 16.8. The van der Waals surface area contributed by atoms with Gasteiger partial charge in [0.05, 0.1) is 6.54 Å². The summed E-state index contributed by atoms with van der Waals surface area (Å²) < 4.78 is 0. The molecular weight excluding hydrogens is 352 g/mol. The molecule has 28 heavy (non-hydrogen) atoms. The average molecular weight is 376 g/mol. The normalized spacial score (nSPS) is 15.4. The number of hydrogen-bond acceptors (Lipinski definition) is 5. The van der Waals surface area contributed by atoms with Crippen molar-refractivity contribution in [3.05, 3.63) is 60.2 Å². The van der Waals surface area contributed by atoms with E-state index in [2.05, 4.69) is 61.2 Å². The molecule has 2 N–H and O–H groups in total. The van der Waals surface area contributed by atoms with Crippen molar-refractivity contribution in [3.63, 3.8) is 0 Å². The Morgan fingerprint density at radius 1 is 1.07 bits per heavy atom. The van der Waals surface area contributed by atoms with Crippen LogP contribution in [0.3, 0.4) is 0 Å². The number of tetrazole rings is 1. The van der Waals surface area contributed by atoms with E-state index in [0.717, 1.165) is 43.6 Å². The smallest absolute Gasteiger partial charge is 0.238 e. The van der Waals surface area contributed by atoms with Crippen LogP contribution in [0.25, 0.3) is 11.4 Å². The van der Waals surface area contributed by atoms with Crippen molar-refractivity contribution in [1.29, 1.82) is 0 Å². The Kier molecular flexibility index (Phi) is 5.72. The van der Waals surface area contributed by atoms with Gasteiger partial charge in [0.1, 0.15) is 0 Å². The van der Waals surface area contributed by atoms with E-state index in [0.29, 0.717) is 18.3 Å². The van der Waals surface area contributed by atoms with Crippen molar-refractivity contribution < 1.29 is 4.79 Å². The van der Waals surface area contributed by atoms with Gasteiger partial charge in [-0.1, -0.05) is 30.3 Å². The topological polar surface area (TPSA) is 86.8 Å². The summed E-state index contributed by atoms with van der Waals surface area (Å²) in [6, 6.07) is 18.1. The van der Waals surface area contributed by atoms with Crippen molar-refractivity contribution >= 4 is 11.6 Å². The van der Waals surface area contributed by atoms with Crippen LogP contribution in [-0.2, 0) is 11.2 Å². The zero-order chi connectivity index (χ0) is 19.2. The second kappa shape index (κ2) is 8.75. The van der Waals surface area contributed by atoms with Crippen LogP contribution in [0.5, 0.6) is 0 Å². The lowest BCUT2D eigenvalue weighted by molar-refractivity contribution is -0.117. The SMILES string of the molecule is O=C(CN1CCC(Cc2ccccc2)CC1)Nc1ccc(-c2nn[nH]n2)cc1. The fourth-order valence-corrected chi connectivity index (χ4v) is 3.69. The maximum absolute atomic E-state index is 12.4. The third-order valence-corrected chi connectivity index (χ3v) is 5.21. The lowest BCUT2D eigenvalue weighted by Crippen LogP contribution is -2.39. The Labute approximate surface area is 164 Å². The number of carbonyl (C=O) groups is 1. The molecule has 2 heterocycles. The molecule has 3 aromatic rings. The van der Waals surface area contributed by atoms with E-state index in [1.807, 2.05) is 24.3 Å². The van der Waals surface area contributed by atoms with Gasteiger partial charge < -0.3 is 5.32 Å². The van der Waals surface area contributed by atoms with Gasteiger partial charge in [-0.15, -0.1) is 10.2 Å². The fourth-order valence-electron chi connectivity index (χ4n) is 3.69. The van der Waals surface area contributed by atoms with Gasteiger partial charge in [0.15, 0.2) is 0 Å². The Balaban J connectivity index is 1.22. The van der Waals surface area contributed by atoms with E-state index in [1.54, 1.807) is 0 Å². The zero-order valence-electron chi connectivity index (χ0n) is 15.7. The number of nitrogens with one attached hydrogen (secondary N) is 2. The number of carbonyl (C=O) groups excluding carboxylic acids is 1. The molecule has 0 aliphatic carbocycles. The standard InChI is InChI=1S/C21H24N6O/c28-20(22-19-8-6-18(7-9-19)21-23-25-26-24-21)15-27-12-10-17(11-13-27)14-16-4-2-1-3-5-16/h1-9,17H,10-15H2,(H,22,28)(H,23,24,25,26). The van der Waals surface area contributed by atoms with E-state index in [-0.39, 0.29) is 5.91 Å². The van der Waals surface area contributed by atoms with Gasteiger partial charge >= 0.3 is 0 Å². The van der Waals surface area contributed by atoms with Gasteiger partial charge in [-0.3, -0.25) is 9.69 Å². The van der Waals surface area contributed by atoms with Gasteiger partial charge in [-0.05, 0) is 73.3 Å². The largest absolute Gasteiger partial charge is 0.325 e. The van der Waals surface area contributed by atoms with Crippen LogP contribution in [0.2, 0.25) is 0 Å². The first-order valence-corrected chi connectivity index (χ1v) is 9.66. The van der Waals surface area contributed by atoms with Gasteiger partial charge in [-0.2, -0.15) is 5.21 Å². The van der Waals surface area contributed by atoms with Crippen molar-refractivity contribution in [2.45, 2.75) is 19.3 Å². The van der Waals surface area contributed by atoms with E-state index < -0.39 is 0 Å². The van der Waals surface area contributed by atoms with Crippen LogP contribution in [0.1, 0.15) is 18.4 Å². The Bertz CT molecular complexity index is 871. The number of likely N-dealkylation sites (tertiary alicyclic amines) is 1. The molecule has 1 amide bonds. The fraction of sp³-hybridized carbons (Fsp3) is 0.333. The second-order valence-electron chi connectivity index (χ2n) is 7.27. The molecule has 0 saturated carbocycles. The summed E-state index contributed by atoms with van der Waals surface area (Å²) >= 11 is 0. The van der Waals surface area contributed by atoms with Crippen LogP contribution < -0.4 is 5.32 Å². The van der Waals surface area contributed by atoms with Crippen LogP contribution in [0.15, 0.2) is 54.6 Å². The number of aromatic nitrogens is 4.